The first-order valence-electron chi connectivity index (χ1n) is 4.87. The SMILES string of the molecule is NCC1C2CC(C2)N1C1CC1. The van der Waals surface area contributed by atoms with Crippen LogP contribution < -0.4 is 5.73 Å². The third-order valence-corrected chi connectivity index (χ3v) is 3.71. The summed E-state index contributed by atoms with van der Waals surface area (Å²) in [5, 5.41) is 0. The predicted octanol–water partition coefficient (Wildman–Crippen LogP) is 0.570. The van der Waals surface area contributed by atoms with Crippen LogP contribution >= 0.6 is 0 Å². The molecule has 2 N–H and O–H groups in total. The van der Waals surface area contributed by atoms with Gasteiger partial charge in [0, 0.05) is 24.7 Å². The first-order valence-corrected chi connectivity index (χ1v) is 4.87. The maximum Gasteiger partial charge on any atom is 0.0253 e. The van der Waals surface area contributed by atoms with Crippen LogP contribution in [0.15, 0.2) is 0 Å². The zero-order chi connectivity index (χ0) is 7.42. The standard InChI is InChI=1S/C9H16N2/c10-5-9-6-3-8(4-6)11(9)7-1-2-7/h6-9H,1-5,10H2. The van der Waals surface area contributed by atoms with E-state index in [0.717, 1.165) is 30.6 Å². The van der Waals surface area contributed by atoms with Crippen molar-refractivity contribution in [2.45, 2.75) is 43.8 Å². The van der Waals surface area contributed by atoms with Gasteiger partial charge in [0.2, 0.25) is 0 Å². The molecule has 0 amide bonds. The molecule has 2 heteroatoms. The van der Waals surface area contributed by atoms with Gasteiger partial charge >= 0.3 is 0 Å². The quantitative estimate of drug-likeness (QED) is 0.627. The topological polar surface area (TPSA) is 29.3 Å². The maximum atomic E-state index is 5.77. The second kappa shape index (κ2) is 1.99. The normalized spacial score (nSPS) is 49.4. The van der Waals surface area contributed by atoms with Crippen molar-refractivity contribution in [1.29, 1.82) is 0 Å². The largest absolute Gasteiger partial charge is 0.329 e. The molecule has 0 aromatic heterocycles. The van der Waals surface area contributed by atoms with Gasteiger partial charge in [0.05, 0.1) is 0 Å². The summed E-state index contributed by atoms with van der Waals surface area (Å²) in [6.07, 6.45) is 5.80. The lowest BCUT2D eigenvalue weighted by Crippen LogP contribution is -2.37. The second-order valence-corrected chi connectivity index (χ2v) is 4.37. The van der Waals surface area contributed by atoms with Gasteiger partial charge in [-0.3, -0.25) is 4.90 Å². The summed E-state index contributed by atoms with van der Waals surface area (Å²) in [6, 6.07) is 2.66. The van der Waals surface area contributed by atoms with Crippen LogP contribution in [0.2, 0.25) is 0 Å². The molecule has 2 saturated heterocycles. The van der Waals surface area contributed by atoms with Gasteiger partial charge in [-0.15, -0.1) is 0 Å². The van der Waals surface area contributed by atoms with Crippen molar-refractivity contribution in [2.24, 2.45) is 11.7 Å². The Morgan fingerprint density at radius 1 is 1.18 bits per heavy atom. The van der Waals surface area contributed by atoms with Gasteiger partial charge in [-0.1, -0.05) is 0 Å². The van der Waals surface area contributed by atoms with Crippen LogP contribution in [0.25, 0.3) is 0 Å². The monoisotopic (exact) mass is 152 g/mol. The van der Waals surface area contributed by atoms with Crippen LogP contribution in [0.3, 0.4) is 0 Å². The highest BCUT2D eigenvalue weighted by Gasteiger charge is 2.53. The Hall–Kier alpha value is -0.0800. The van der Waals surface area contributed by atoms with E-state index in [0.29, 0.717) is 0 Å². The third kappa shape index (κ3) is 0.744. The highest BCUT2D eigenvalue weighted by molar-refractivity contribution is 5.09. The molecule has 2 heterocycles. The van der Waals surface area contributed by atoms with E-state index in [1.807, 2.05) is 0 Å². The lowest BCUT2D eigenvalue weighted by atomic mass is 9.83. The van der Waals surface area contributed by atoms with Crippen LogP contribution in [-0.2, 0) is 0 Å². The Bertz CT molecular complexity index is 170. The van der Waals surface area contributed by atoms with Crippen LogP contribution in [0.5, 0.6) is 0 Å². The maximum absolute atomic E-state index is 5.77. The molecule has 62 valence electrons. The van der Waals surface area contributed by atoms with Crippen molar-refractivity contribution < 1.29 is 0 Å². The molecule has 4 aliphatic rings. The summed E-state index contributed by atoms with van der Waals surface area (Å²) in [5.74, 6) is 0.977. The van der Waals surface area contributed by atoms with E-state index in [2.05, 4.69) is 4.90 Å². The van der Waals surface area contributed by atoms with Crippen LogP contribution in [0.4, 0.5) is 0 Å². The molecule has 4 fully saturated rings. The Labute approximate surface area is 67.7 Å². The van der Waals surface area contributed by atoms with E-state index in [-0.39, 0.29) is 0 Å². The molecule has 1 atom stereocenters. The van der Waals surface area contributed by atoms with Gasteiger partial charge in [0.1, 0.15) is 0 Å². The molecule has 2 bridgehead atoms. The van der Waals surface area contributed by atoms with Crippen molar-refractivity contribution >= 4 is 0 Å². The van der Waals surface area contributed by atoms with Crippen molar-refractivity contribution in [2.75, 3.05) is 6.54 Å². The molecular weight excluding hydrogens is 136 g/mol. The summed E-state index contributed by atoms with van der Waals surface area (Å²) < 4.78 is 0. The first kappa shape index (κ1) is 6.44. The number of fused-ring (bicyclic) bond motifs is 1. The zero-order valence-electron chi connectivity index (χ0n) is 6.87. The number of nitrogens with zero attached hydrogens (tertiary/aromatic N) is 1. The summed E-state index contributed by atoms with van der Waals surface area (Å²) in [7, 11) is 0. The third-order valence-electron chi connectivity index (χ3n) is 3.71. The number of hydrogen-bond donors (Lipinski definition) is 1. The minimum Gasteiger partial charge on any atom is -0.329 e. The highest BCUT2D eigenvalue weighted by atomic mass is 15.3. The number of nitrogens with two attached hydrogens (primary N) is 1. The Morgan fingerprint density at radius 2 is 1.91 bits per heavy atom. The Kier molecular flexibility index (Phi) is 1.16. The fourth-order valence-corrected chi connectivity index (χ4v) is 2.96. The average molecular weight is 152 g/mol. The lowest BCUT2D eigenvalue weighted by Gasteiger charge is -2.25. The average Bonchev–Trinajstić information content (AvgIpc) is 2.62. The van der Waals surface area contributed by atoms with E-state index in [1.165, 1.54) is 25.7 Å². The molecule has 2 nitrogen and oxygen atoms in total. The molecule has 4 rings (SSSR count). The van der Waals surface area contributed by atoms with Crippen LogP contribution in [-0.4, -0.2) is 29.6 Å². The molecule has 0 spiro atoms. The van der Waals surface area contributed by atoms with Crippen molar-refractivity contribution in [1.82, 2.24) is 4.90 Å². The molecule has 2 aliphatic heterocycles. The zero-order valence-corrected chi connectivity index (χ0v) is 6.87. The summed E-state index contributed by atoms with van der Waals surface area (Å²) in [6.45, 7) is 0.900. The highest BCUT2D eigenvalue weighted by Crippen LogP contribution is 2.50. The number of hydrogen-bond acceptors (Lipinski definition) is 2. The molecule has 2 aliphatic carbocycles. The fraction of sp³-hybridized carbons (Fsp3) is 1.00. The summed E-state index contributed by atoms with van der Waals surface area (Å²) in [5.41, 5.74) is 5.77. The van der Waals surface area contributed by atoms with E-state index in [4.69, 9.17) is 5.73 Å². The predicted molar refractivity (Wildman–Crippen MR) is 44.2 cm³/mol. The summed E-state index contributed by atoms with van der Waals surface area (Å²) >= 11 is 0. The Balaban J connectivity index is 1.79. The van der Waals surface area contributed by atoms with Gasteiger partial charge in [0.15, 0.2) is 0 Å². The van der Waals surface area contributed by atoms with Gasteiger partial charge in [-0.05, 0) is 31.6 Å². The van der Waals surface area contributed by atoms with Crippen molar-refractivity contribution in [3.63, 3.8) is 0 Å². The minimum absolute atomic E-state index is 0.771. The van der Waals surface area contributed by atoms with Crippen molar-refractivity contribution in [3.05, 3.63) is 0 Å². The van der Waals surface area contributed by atoms with E-state index in [9.17, 15) is 0 Å². The number of rotatable bonds is 2. The smallest absolute Gasteiger partial charge is 0.0253 e. The fourth-order valence-electron chi connectivity index (χ4n) is 2.96. The van der Waals surface area contributed by atoms with Gasteiger partial charge in [-0.25, -0.2) is 0 Å². The molecule has 0 radical (unpaired) electrons. The minimum atomic E-state index is 0.771. The van der Waals surface area contributed by atoms with Gasteiger partial charge in [0.25, 0.3) is 0 Å². The summed E-state index contributed by atoms with van der Waals surface area (Å²) in [4.78, 5) is 2.73. The van der Waals surface area contributed by atoms with Gasteiger partial charge in [-0.2, -0.15) is 0 Å². The first-order chi connectivity index (χ1) is 5.40. The molecule has 0 aromatic rings. The molecule has 1 unspecified atom stereocenters. The van der Waals surface area contributed by atoms with E-state index >= 15 is 0 Å². The van der Waals surface area contributed by atoms with Crippen LogP contribution in [0, 0.1) is 5.92 Å². The van der Waals surface area contributed by atoms with E-state index < -0.39 is 0 Å². The molecule has 11 heavy (non-hydrogen) atoms. The van der Waals surface area contributed by atoms with Crippen LogP contribution in [0.1, 0.15) is 25.7 Å². The molecular formula is C9H16N2. The Morgan fingerprint density at radius 3 is 2.45 bits per heavy atom. The molecule has 2 saturated carbocycles. The lowest BCUT2D eigenvalue weighted by molar-refractivity contribution is 0.213. The van der Waals surface area contributed by atoms with Gasteiger partial charge < -0.3 is 5.73 Å². The van der Waals surface area contributed by atoms with Crippen molar-refractivity contribution in [3.8, 4) is 0 Å². The second-order valence-electron chi connectivity index (χ2n) is 4.37. The molecule has 0 aromatic carbocycles. The van der Waals surface area contributed by atoms with E-state index in [1.54, 1.807) is 0 Å².